The van der Waals surface area contributed by atoms with Crippen molar-refractivity contribution in [3.8, 4) is 0 Å². The Labute approximate surface area is 102 Å². The second-order valence-electron chi connectivity index (χ2n) is 4.07. The molecule has 7 nitrogen and oxygen atoms in total. The molecular formula is C11H11N3O4. The second-order valence-corrected chi connectivity index (χ2v) is 4.07. The third kappa shape index (κ3) is 2.06. The molecule has 0 aromatic carbocycles. The number of hydrogen-bond donors (Lipinski definition) is 2. The number of hydrogen-bond acceptors (Lipinski definition) is 5. The number of carbonyl (C=O) groups is 3. The van der Waals surface area contributed by atoms with Crippen molar-refractivity contribution in [1.82, 2.24) is 15.3 Å². The summed E-state index contributed by atoms with van der Waals surface area (Å²) >= 11 is 0. The predicted molar refractivity (Wildman–Crippen MR) is 58.3 cm³/mol. The van der Waals surface area contributed by atoms with Gasteiger partial charge in [0.2, 0.25) is 5.91 Å². The molecule has 94 valence electrons. The first-order valence-corrected chi connectivity index (χ1v) is 5.36. The summed E-state index contributed by atoms with van der Waals surface area (Å²) in [5.41, 5.74) is -0.876. The Morgan fingerprint density at radius 3 is 2.56 bits per heavy atom. The number of aliphatic carboxylic acids is 1. The highest BCUT2D eigenvalue weighted by atomic mass is 16.4. The van der Waals surface area contributed by atoms with Crippen LogP contribution in [0.25, 0.3) is 0 Å². The maximum atomic E-state index is 12.0. The molecule has 2 heterocycles. The quantitative estimate of drug-likeness (QED) is 0.704. The zero-order valence-corrected chi connectivity index (χ0v) is 9.42. The van der Waals surface area contributed by atoms with E-state index in [0.29, 0.717) is 5.56 Å². The first kappa shape index (κ1) is 12.2. The van der Waals surface area contributed by atoms with Crippen LogP contribution in [0.15, 0.2) is 18.7 Å². The van der Waals surface area contributed by atoms with Gasteiger partial charge in [0, 0.05) is 24.4 Å². The van der Waals surface area contributed by atoms with Crippen molar-refractivity contribution >= 4 is 17.7 Å². The number of aromatic nitrogens is 2. The van der Waals surface area contributed by atoms with Gasteiger partial charge in [-0.1, -0.05) is 0 Å². The maximum absolute atomic E-state index is 12.0. The summed E-state index contributed by atoms with van der Waals surface area (Å²) in [6.45, 7) is 0. The molecule has 0 spiro atoms. The largest absolute Gasteiger partial charge is 0.481 e. The number of amides is 1. The van der Waals surface area contributed by atoms with Crippen LogP contribution in [-0.4, -0.2) is 32.7 Å². The van der Waals surface area contributed by atoms with Crippen LogP contribution >= 0.6 is 0 Å². The zero-order valence-electron chi connectivity index (χ0n) is 9.42. The van der Waals surface area contributed by atoms with Crippen LogP contribution in [0.1, 0.15) is 24.8 Å². The van der Waals surface area contributed by atoms with Gasteiger partial charge in [0.25, 0.3) is 0 Å². The predicted octanol–water partition coefficient (Wildman–Crippen LogP) is -0.374. The molecule has 1 amide bonds. The highest BCUT2D eigenvalue weighted by Crippen LogP contribution is 2.32. The van der Waals surface area contributed by atoms with Crippen molar-refractivity contribution in [3.63, 3.8) is 0 Å². The van der Waals surface area contributed by atoms with Gasteiger partial charge in [-0.3, -0.25) is 14.4 Å². The van der Waals surface area contributed by atoms with Crippen molar-refractivity contribution in [2.75, 3.05) is 0 Å². The van der Waals surface area contributed by atoms with Crippen molar-refractivity contribution < 1.29 is 19.5 Å². The van der Waals surface area contributed by atoms with Gasteiger partial charge in [0.15, 0.2) is 5.78 Å². The summed E-state index contributed by atoms with van der Waals surface area (Å²) in [5, 5.41) is 11.3. The summed E-state index contributed by atoms with van der Waals surface area (Å²) in [6, 6.07) is 0. The molecule has 2 N–H and O–H groups in total. The lowest BCUT2D eigenvalue weighted by molar-refractivity contribution is -0.137. The number of nitrogens with zero attached hydrogens (tertiary/aromatic N) is 2. The van der Waals surface area contributed by atoms with E-state index >= 15 is 0 Å². The van der Waals surface area contributed by atoms with Gasteiger partial charge in [-0.15, -0.1) is 0 Å². The molecule has 1 fully saturated rings. The van der Waals surface area contributed by atoms with Gasteiger partial charge < -0.3 is 10.4 Å². The van der Waals surface area contributed by atoms with E-state index in [2.05, 4.69) is 15.3 Å². The Kier molecular flexibility index (Phi) is 3.05. The van der Waals surface area contributed by atoms with Crippen LogP contribution in [0.3, 0.4) is 0 Å². The molecule has 1 aromatic rings. The molecule has 1 aliphatic rings. The summed E-state index contributed by atoms with van der Waals surface area (Å²) in [6.07, 6.45) is 3.67. The normalized spacial score (nSPS) is 22.9. The second kappa shape index (κ2) is 4.52. The molecule has 1 atom stereocenters. The minimum atomic E-state index is -1.29. The van der Waals surface area contributed by atoms with E-state index in [1.807, 2.05) is 0 Å². The topological polar surface area (TPSA) is 109 Å². The zero-order chi connectivity index (χ0) is 13.2. The molecule has 0 bridgehead atoms. The lowest BCUT2D eigenvalue weighted by Gasteiger charge is -2.26. The van der Waals surface area contributed by atoms with E-state index in [4.69, 9.17) is 5.11 Å². The van der Waals surface area contributed by atoms with Gasteiger partial charge in [-0.05, 0) is 6.42 Å². The van der Waals surface area contributed by atoms with E-state index in [0.717, 1.165) is 0 Å². The number of Topliss-reactive ketones (excluding diaryl/α,β-unsaturated/α-hetero) is 1. The standard InChI is InChI=1S/C11H11N3O4/c15-8-3-9(16)14-11(8,2-1-10(17)18)7-4-12-6-13-5-7/h4-6H,1-3H2,(H,14,16)(H,17,18). The maximum Gasteiger partial charge on any atom is 0.303 e. The summed E-state index contributed by atoms with van der Waals surface area (Å²) < 4.78 is 0. The SMILES string of the molecule is O=C(O)CCC1(c2cncnc2)NC(=O)CC1=O. The number of carboxylic acids is 1. The van der Waals surface area contributed by atoms with Crippen molar-refractivity contribution in [1.29, 1.82) is 0 Å². The highest BCUT2D eigenvalue weighted by Gasteiger charge is 2.47. The van der Waals surface area contributed by atoms with E-state index in [1.165, 1.54) is 18.7 Å². The smallest absolute Gasteiger partial charge is 0.303 e. The fraction of sp³-hybridized carbons (Fsp3) is 0.364. The molecule has 0 aliphatic carbocycles. The molecule has 18 heavy (non-hydrogen) atoms. The van der Waals surface area contributed by atoms with E-state index in [1.54, 1.807) is 0 Å². The highest BCUT2D eigenvalue weighted by molar-refractivity contribution is 6.10. The molecule has 0 saturated carbocycles. The van der Waals surface area contributed by atoms with Crippen LogP contribution in [0, 0.1) is 0 Å². The monoisotopic (exact) mass is 249 g/mol. The van der Waals surface area contributed by atoms with Crippen LogP contribution in [-0.2, 0) is 19.9 Å². The van der Waals surface area contributed by atoms with Gasteiger partial charge >= 0.3 is 5.97 Å². The number of carboxylic acid groups (broad SMARTS) is 1. The number of nitrogens with one attached hydrogen (secondary N) is 1. The van der Waals surface area contributed by atoms with E-state index in [-0.39, 0.29) is 25.0 Å². The van der Waals surface area contributed by atoms with Crippen LogP contribution in [0.4, 0.5) is 0 Å². The van der Waals surface area contributed by atoms with Crippen LogP contribution in [0.5, 0.6) is 0 Å². The lowest BCUT2D eigenvalue weighted by Crippen LogP contribution is -2.44. The lowest BCUT2D eigenvalue weighted by atomic mass is 9.84. The summed E-state index contributed by atoms with van der Waals surface area (Å²) in [4.78, 5) is 41.6. The average molecular weight is 249 g/mol. The van der Waals surface area contributed by atoms with Gasteiger partial charge in [-0.2, -0.15) is 0 Å². The Bertz CT molecular complexity index is 502. The van der Waals surface area contributed by atoms with E-state index < -0.39 is 17.4 Å². The fourth-order valence-corrected chi connectivity index (χ4v) is 2.04. The van der Waals surface area contributed by atoms with Crippen molar-refractivity contribution in [2.24, 2.45) is 0 Å². The third-order valence-corrected chi connectivity index (χ3v) is 2.92. The Balaban J connectivity index is 2.37. The number of rotatable bonds is 4. The average Bonchev–Trinajstić information content (AvgIpc) is 2.64. The van der Waals surface area contributed by atoms with Crippen LogP contribution in [0.2, 0.25) is 0 Å². The third-order valence-electron chi connectivity index (χ3n) is 2.92. The van der Waals surface area contributed by atoms with Gasteiger partial charge in [-0.25, -0.2) is 9.97 Å². The molecule has 0 radical (unpaired) electrons. The fourth-order valence-electron chi connectivity index (χ4n) is 2.04. The van der Waals surface area contributed by atoms with Crippen molar-refractivity contribution in [3.05, 3.63) is 24.3 Å². The summed E-state index contributed by atoms with van der Waals surface area (Å²) in [7, 11) is 0. The summed E-state index contributed by atoms with van der Waals surface area (Å²) in [5.74, 6) is -1.78. The number of carbonyl (C=O) groups excluding carboxylic acids is 2. The minimum Gasteiger partial charge on any atom is -0.481 e. The van der Waals surface area contributed by atoms with Crippen LogP contribution < -0.4 is 5.32 Å². The molecule has 2 rings (SSSR count). The van der Waals surface area contributed by atoms with Crippen molar-refractivity contribution in [2.45, 2.75) is 24.8 Å². The number of ketones is 1. The van der Waals surface area contributed by atoms with E-state index in [9.17, 15) is 14.4 Å². The first-order valence-electron chi connectivity index (χ1n) is 5.36. The molecule has 7 heteroatoms. The molecule has 1 saturated heterocycles. The van der Waals surface area contributed by atoms with Gasteiger partial charge in [0.05, 0.1) is 6.42 Å². The van der Waals surface area contributed by atoms with Gasteiger partial charge in [0.1, 0.15) is 11.9 Å². The molecule has 1 aromatic heterocycles. The Morgan fingerprint density at radius 1 is 1.39 bits per heavy atom. The molecule has 1 unspecified atom stereocenters. The molecule has 1 aliphatic heterocycles. The Morgan fingerprint density at radius 2 is 2.06 bits per heavy atom. The Hall–Kier alpha value is -2.31. The first-order chi connectivity index (χ1) is 8.54. The minimum absolute atomic E-state index is 0.000278. The molecular weight excluding hydrogens is 238 g/mol.